The maximum atomic E-state index is 12.9. The Bertz CT molecular complexity index is 372. The van der Waals surface area contributed by atoms with Gasteiger partial charge in [-0.05, 0) is 43.1 Å². The summed E-state index contributed by atoms with van der Waals surface area (Å²) in [5, 5.41) is 0. The van der Waals surface area contributed by atoms with Crippen molar-refractivity contribution >= 4 is 5.78 Å². The van der Waals surface area contributed by atoms with Crippen LogP contribution in [0.2, 0.25) is 0 Å². The largest absolute Gasteiger partial charge is 0.330 e. The van der Waals surface area contributed by atoms with Gasteiger partial charge >= 0.3 is 0 Å². The van der Waals surface area contributed by atoms with E-state index in [4.69, 9.17) is 5.73 Å². The fourth-order valence-electron chi connectivity index (χ4n) is 1.71. The lowest BCUT2D eigenvalue weighted by Crippen LogP contribution is -2.18. The standard InChI is InChI=1S/C13H18FNO/c1-3-10(8-15)7-13(16)12-5-4-11(14)6-9(12)2/h4-6,10H,3,7-8,15H2,1-2H3. The van der Waals surface area contributed by atoms with E-state index in [9.17, 15) is 9.18 Å². The number of ketones is 1. The Morgan fingerprint density at radius 2 is 2.19 bits per heavy atom. The van der Waals surface area contributed by atoms with Crippen LogP contribution in [0, 0.1) is 18.7 Å². The number of Topliss-reactive ketones (excluding diaryl/α,β-unsaturated/α-hetero) is 1. The van der Waals surface area contributed by atoms with E-state index in [1.807, 2.05) is 6.92 Å². The lowest BCUT2D eigenvalue weighted by atomic mass is 9.94. The monoisotopic (exact) mass is 223 g/mol. The molecule has 0 aliphatic rings. The second kappa shape index (κ2) is 5.75. The first-order valence-electron chi connectivity index (χ1n) is 5.57. The van der Waals surface area contributed by atoms with Gasteiger partial charge < -0.3 is 5.73 Å². The Hall–Kier alpha value is -1.22. The molecule has 0 heterocycles. The highest BCUT2D eigenvalue weighted by Crippen LogP contribution is 2.16. The SMILES string of the molecule is CCC(CN)CC(=O)c1ccc(F)cc1C. The molecule has 0 aliphatic heterocycles. The molecule has 2 N–H and O–H groups in total. The molecule has 1 atom stereocenters. The molecule has 0 spiro atoms. The molecule has 0 bridgehead atoms. The van der Waals surface area contributed by atoms with Gasteiger partial charge in [-0.2, -0.15) is 0 Å². The Balaban J connectivity index is 2.80. The van der Waals surface area contributed by atoms with Crippen LogP contribution in [0.15, 0.2) is 18.2 Å². The van der Waals surface area contributed by atoms with E-state index in [-0.39, 0.29) is 17.5 Å². The summed E-state index contributed by atoms with van der Waals surface area (Å²) >= 11 is 0. The molecule has 3 heteroatoms. The van der Waals surface area contributed by atoms with Gasteiger partial charge in [-0.3, -0.25) is 4.79 Å². The molecule has 16 heavy (non-hydrogen) atoms. The third-order valence-corrected chi connectivity index (χ3v) is 2.87. The van der Waals surface area contributed by atoms with Crippen LogP contribution in [0.3, 0.4) is 0 Å². The third-order valence-electron chi connectivity index (χ3n) is 2.87. The molecule has 1 unspecified atom stereocenters. The summed E-state index contributed by atoms with van der Waals surface area (Å²) in [6.07, 6.45) is 1.34. The van der Waals surface area contributed by atoms with Gasteiger partial charge in [-0.15, -0.1) is 0 Å². The fourth-order valence-corrected chi connectivity index (χ4v) is 1.71. The number of carbonyl (C=O) groups excluding carboxylic acids is 1. The molecule has 0 aliphatic carbocycles. The normalized spacial score (nSPS) is 12.5. The molecule has 1 rings (SSSR count). The average molecular weight is 223 g/mol. The van der Waals surface area contributed by atoms with Crippen LogP contribution in [0.5, 0.6) is 0 Å². The number of hydrogen-bond acceptors (Lipinski definition) is 2. The van der Waals surface area contributed by atoms with Crippen LogP contribution in [-0.2, 0) is 0 Å². The summed E-state index contributed by atoms with van der Waals surface area (Å²) < 4.78 is 12.9. The molecular formula is C13H18FNO. The summed E-state index contributed by atoms with van der Waals surface area (Å²) in [7, 11) is 0. The molecule has 0 fully saturated rings. The molecule has 88 valence electrons. The summed E-state index contributed by atoms with van der Waals surface area (Å²) in [6, 6.07) is 4.26. The molecule has 1 aromatic carbocycles. The maximum absolute atomic E-state index is 12.9. The smallest absolute Gasteiger partial charge is 0.163 e. The van der Waals surface area contributed by atoms with Crippen molar-refractivity contribution in [2.75, 3.05) is 6.54 Å². The number of nitrogens with two attached hydrogens (primary N) is 1. The van der Waals surface area contributed by atoms with E-state index >= 15 is 0 Å². The lowest BCUT2D eigenvalue weighted by molar-refractivity contribution is 0.0960. The Kier molecular flexibility index (Phi) is 4.62. The molecule has 0 aromatic heterocycles. The molecule has 0 saturated carbocycles. The lowest BCUT2D eigenvalue weighted by Gasteiger charge is -2.12. The minimum Gasteiger partial charge on any atom is -0.330 e. The van der Waals surface area contributed by atoms with Crippen molar-refractivity contribution in [1.29, 1.82) is 0 Å². The van der Waals surface area contributed by atoms with Crippen LogP contribution in [0.1, 0.15) is 35.7 Å². The van der Waals surface area contributed by atoms with Gasteiger partial charge in [0.25, 0.3) is 0 Å². The number of carbonyl (C=O) groups is 1. The van der Waals surface area contributed by atoms with E-state index in [1.165, 1.54) is 12.1 Å². The molecular weight excluding hydrogens is 205 g/mol. The number of rotatable bonds is 5. The number of aryl methyl sites for hydroxylation is 1. The van der Waals surface area contributed by atoms with Crippen molar-refractivity contribution in [3.8, 4) is 0 Å². The van der Waals surface area contributed by atoms with Crippen LogP contribution in [0.25, 0.3) is 0 Å². The summed E-state index contributed by atoms with van der Waals surface area (Å²) in [4.78, 5) is 11.9. The average Bonchev–Trinajstić information content (AvgIpc) is 2.25. The Labute approximate surface area is 95.7 Å². The van der Waals surface area contributed by atoms with E-state index < -0.39 is 0 Å². The highest BCUT2D eigenvalue weighted by atomic mass is 19.1. The van der Waals surface area contributed by atoms with Crippen molar-refractivity contribution in [2.45, 2.75) is 26.7 Å². The molecule has 0 radical (unpaired) electrons. The third kappa shape index (κ3) is 3.14. The van der Waals surface area contributed by atoms with E-state index in [1.54, 1.807) is 13.0 Å². The van der Waals surface area contributed by atoms with Crippen molar-refractivity contribution in [2.24, 2.45) is 11.7 Å². The van der Waals surface area contributed by atoms with Gasteiger partial charge in [0.1, 0.15) is 5.82 Å². The highest BCUT2D eigenvalue weighted by molar-refractivity contribution is 5.97. The molecule has 2 nitrogen and oxygen atoms in total. The van der Waals surface area contributed by atoms with Gasteiger partial charge in [0.15, 0.2) is 5.78 Å². The van der Waals surface area contributed by atoms with Gasteiger partial charge in [-0.25, -0.2) is 4.39 Å². The first kappa shape index (κ1) is 12.8. The predicted octanol–water partition coefficient (Wildman–Crippen LogP) is 2.69. The number of hydrogen-bond donors (Lipinski definition) is 1. The van der Waals surface area contributed by atoms with E-state index in [2.05, 4.69) is 0 Å². The Morgan fingerprint density at radius 3 is 2.69 bits per heavy atom. The van der Waals surface area contributed by atoms with Gasteiger partial charge in [0, 0.05) is 12.0 Å². The first-order chi connectivity index (χ1) is 7.58. The zero-order valence-corrected chi connectivity index (χ0v) is 9.79. The van der Waals surface area contributed by atoms with Gasteiger partial charge in [0.2, 0.25) is 0 Å². The molecule has 0 amide bonds. The number of benzene rings is 1. The van der Waals surface area contributed by atoms with Crippen molar-refractivity contribution in [3.63, 3.8) is 0 Å². The fraction of sp³-hybridized carbons (Fsp3) is 0.462. The van der Waals surface area contributed by atoms with Crippen molar-refractivity contribution < 1.29 is 9.18 Å². The number of halogens is 1. The van der Waals surface area contributed by atoms with E-state index in [0.717, 1.165) is 6.42 Å². The quantitative estimate of drug-likeness (QED) is 0.780. The van der Waals surface area contributed by atoms with Crippen molar-refractivity contribution in [3.05, 3.63) is 35.1 Å². The first-order valence-corrected chi connectivity index (χ1v) is 5.57. The van der Waals surface area contributed by atoms with Crippen LogP contribution >= 0.6 is 0 Å². The van der Waals surface area contributed by atoms with Crippen LogP contribution in [-0.4, -0.2) is 12.3 Å². The zero-order valence-electron chi connectivity index (χ0n) is 9.79. The minimum atomic E-state index is -0.306. The maximum Gasteiger partial charge on any atom is 0.163 e. The topological polar surface area (TPSA) is 43.1 Å². The summed E-state index contributed by atoms with van der Waals surface area (Å²) in [5.74, 6) is -0.0355. The summed E-state index contributed by atoms with van der Waals surface area (Å²) in [5.41, 5.74) is 6.86. The van der Waals surface area contributed by atoms with Crippen molar-refractivity contribution in [1.82, 2.24) is 0 Å². The summed E-state index contributed by atoms with van der Waals surface area (Å²) in [6.45, 7) is 4.28. The van der Waals surface area contributed by atoms with Crippen LogP contribution < -0.4 is 5.73 Å². The van der Waals surface area contributed by atoms with E-state index in [0.29, 0.717) is 24.1 Å². The second-order valence-corrected chi connectivity index (χ2v) is 4.10. The molecule has 0 saturated heterocycles. The Morgan fingerprint density at radius 1 is 1.50 bits per heavy atom. The zero-order chi connectivity index (χ0) is 12.1. The second-order valence-electron chi connectivity index (χ2n) is 4.10. The van der Waals surface area contributed by atoms with Gasteiger partial charge in [0.05, 0.1) is 0 Å². The van der Waals surface area contributed by atoms with Gasteiger partial charge in [-0.1, -0.05) is 13.3 Å². The highest BCUT2D eigenvalue weighted by Gasteiger charge is 2.14. The van der Waals surface area contributed by atoms with Crippen LogP contribution in [0.4, 0.5) is 4.39 Å². The molecule has 1 aromatic rings. The predicted molar refractivity (Wildman–Crippen MR) is 62.9 cm³/mol. The minimum absolute atomic E-state index is 0.0507.